The summed E-state index contributed by atoms with van der Waals surface area (Å²) >= 11 is 13.2. The standard InChI is InChI=1S/C29H26Cl2N4O2/c30-22-10-9-19-7-4-8-25(27(19)28(22)31)35-17-34-23(11-12-36)29(35)21-14-32-24-15-33-26(13-20(21)24)37-16-18-5-2-1-3-6-18/h1-3,5-6,9-10,13-15,17,25,32,36H,4,7-8,11-12,16H2. The first kappa shape index (κ1) is 24.0. The number of aryl methyl sites for hydroxylation is 1. The number of nitrogens with one attached hydrogen (secondary N) is 1. The summed E-state index contributed by atoms with van der Waals surface area (Å²) in [6.07, 6.45) is 9.01. The lowest BCUT2D eigenvalue weighted by Crippen LogP contribution is -2.18. The van der Waals surface area contributed by atoms with Crippen LogP contribution in [0.2, 0.25) is 10.0 Å². The van der Waals surface area contributed by atoms with E-state index < -0.39 is 0 Å². The van der Waals surface area contributed by atoms with Crippen LogP contribution >= 0.6 is 23.2 Å². The second-order valence-corrected chi connectivity index (χ2v) is 10.1. The van der Waals surface area contributed by atoms with Crippen molar-refractivity contribution in [2.75, 3.05) is 6.61 Å². The Labute approximate surface area is 224 Å². The predicted molar refractivity (Wildman–Crippen MR) is 146 cm³/mol. The number of benzene rings is 2. The summed E-state index contributed by atoms with van der Waals surface area (Å²) in [5, 5.41) is 12.0. The number of rotatable bonds is 7. The fourth-order valence-electron chi connectivity index (χ4n) is 5.32. The molecule has 3 heterocycles. The molecule has 0 saturated heterocycles. The topological polar surface area (TPSA) is 76.0 Å². The van der Waals surface area contributed by atoms with Crippen molar-refractivity contribution in [2.45, 2.75) is 38.3 Å². The number of aliphatic hydroxyl groups excluding tert-OH is 1. The summed E-state index contributed by atoms with van der Waals surface area (Å²) in [4.78, 5) is 12.6. The quantitative estimate of drug-likeness (QED) is 0.242. The minimum atomic E-state index is -0.00881. The van der Waals surface area contributed by atoms with Gasteiger partial charge in [-0.15, -0.1) is 0 Å². The molecule has 0 amide bonds. The third-order valence-corrected chi connectivity index (χ3v) is 7.88. The van der Waals surface area contributed by atoms with Gasteiger partial charge in [0.05, 0.1) is 45.5 Å². The van der Waals surface area contributed by atoms with Crippen molar-refractivity contribution < 1.29 is 9.84 Å². The largest absolute Gasteiger partial charge is 0.473 e. The SMILES string of the molecule is OCCc1ncn(C2CCCc3ccc(Cl)c(Cl)c32)c1-c1c[nH]c2cnc(OCc3ccccc3)cc12. The molecule has 0 radical (unpaired) electrons. The molecule has 3 aromatic heterocycles. The van der Waals surface area contributed by atoms with Crippen LogP contribution in [0.3, 0.4) is 0 Å². The number of halogens is 2. The average molecular weight is 533 g/mol. The number of ether oxygens (including phenoxy) is 1. The Morgan fingerprint density at radius 1 is 1.11 bits per heavy atom. The molecular weight excluding hydrogens is 507 g/mol. The Morgan fingerprint density at radius 2 is 1.97 bits per heavy atom. The van der Waals surface area contributed by atoms with Gasteiger partial charge >= 0.3 is 0 Å². The Balaban J connectivity index is 1.44. The lowest BCUT2D eigenvalue weighted by Gasteiger charge is -2.29. The Kier molecular flexibility index (Phi) is 6.63. The first-order chi connectivity index (χ1) is 18.1. The van der Waals surface area contributed by atoms with Gasteiger partial charge in [0, 0.05) is 36.2 Å². The maximum absolute atomic E-state index is 9.81. The molecule has 2 aromatic carbocycles. The monoisotopic (exact) mass is 532 g/mol. The van der Waals surface area contributed by atoms with Gasteiger partial charge in [0.25, 0.3) is 0 Å². The second-order valence-electron chi connectivity index (χ2n) is 9.31. The van der Waals surface area contributed by atoms with E-state index in [1.54, 1.807) is 6.20 Å². The van der Waals surface area contributed by atoms with Gasteiger partial charge < -0.3 is 19.4 Å². The summed E-state index contributed by atoms with van der Waals surface area (Å²) < 4.78 is 8.22. The minimum Gasteiger partial charge on any atom is -0.473 e. The van der Waals surface area contributed by atoms with E-state index in [1.165, 1.54) is 5.56 Å². The van der Waals surface area contributed by atoms with E-state index in [0.717, 1.165) is 58.2 Å². The average Bonchev–Trinajstić information content (AvgIpc) is 3.53. The van der Waals surface area contributed by atoms with Gasteiger partial charge in [-0.3, -0.25) is 0 Å². The molecule has 1 aliphatic carbocycles. The number of hydrogen-bond donors (Lipinski definition) is 2. The van der Waals surface area contributed by atoms with Gasteiger partial charge in [-0.25, -0.2) is 9.97 Å². The van der Waals surface area contributed by atoms with Crippen LogP contribution in [-0.4, -0.2) is 31.2 Å². The molecule has 1 aliphatic rings. The molecule has 0 spiro atoms. The number of aliphatic hydroxyl groups is 1. The smallest absolute Gasteiger partial charge is 0.214 e. The molecule has 6 rings (SSSR count). The van der Waals surface area contributed by atoms with Crippen LogP contribution in [-0.2, 0) is 19.4 Å². The van der Waals surface area contributed by atoms with Crippen LogP contribution in [0.4, 0.5) is 0 Å². The van der Waals surface area contributed by atoms with Crippen LogP contribution < -0.4 is 4.74 Å². The highest BCUT2D eigenvalue weighted by Gasteiger charge is 2.29. The van der Waals surface area contributed by atoms with E-state index in [2.05, 4.69) is 20.6 Å². The number of nitrogens with zero attached hydrogens (tertiary/aromatic N) is 3. The summed E-state index contributed by atoms with van der Waals surface area (Å²) in [5.74, 6) is 0.546. The van der Waals surface area contributed by atoms with Crippen LogP contribution in [0.15, 0.2) is 67.3 Å². The van der Waals surface area contributed by atoms with Crippen molar-refractivity contribution in [2.24, 2.45) is 0 Å². The van der Waals surface area contributed by atoms with E-state index in [1.807, 2.05) is 55.0 Å². The molecule has 5 aromatic rings. The van der Waals surface area contributed by atoms with E-state index in [4.69, 9.17) is 32.9 Å². The van der Waals surface area contributed by atoms with Gasteiger partial charge in [-0.2, -0.15) is 0 Å². The molecule has 0 aliphatic heterocycles. The van der Waals surface area contributed by atoms with Crippen molar-refractivity contribution in [1.82, 2.24) is 19.5 Å². The fourth-order valence-corrected chi connectivity index (χ4v) is 5.80. The van der Waals surface area contributed by atoms with Crippen molar-refractivity contribution in [3.63, 3.8) is 0 Å². The molecular formula is C29H26Cl2N4O2. The Bertz CT molecular complexity index is 1560. The molecule has 37 heavy (non-hydrogen) atoms. The highest BCUT2D eigenvalue weighted by Crippen LogP contribution is 2.43. The third-order valence-electron chi connectivity index (χ3n) is 7.06. The normalized spacial score (nSPS) is 15.2. The first-order valence-corrected chi connectivity index (χ1v) is 13.2. The van der Waals surface area contributed by atoms with Crippen molar-refractivity contribution in [3.8, 4) is 17.1 Å². The van der Waals surface area contributed by atoms with Crippen LogP contribution in [0.1, 0.15) is 41.3 Å². The Morgan fingerprint density at radius 3 is 2.81 bits per heavy atom. The number of fused-ring (bicyclic) bond motifs is 2. The Hall–Kier alpha value is -3.32. The van der Waals surface area contributed by atoms with Gasteiger partial charge in [0.15, 0.2) is 0 Å². The zero-order chi connectivity index (χ0) is 25.4. The molecule has 188 valence electrons. The molecule has 8 heteroatoms. The lowest BCUT2D eigenvalue weighted by molar-refractivity contribution is 0.294. The zero-order valence-corrected chi connectivity index (χ0v) is 21.6. The minimum absolute atomic E-state index is 0.00714. The molecule has 1 unspecified atom stereocenters. The highest BCUT2D eigenvalue weighted by atomic mass is 35.5. The van der Waals surface area contributed by atoms with Gasteiger partial charge in [0.2, 0.25) is 5.88 Å². The van der Waals surface area contributed by atoms with Gasteiger partial charge in [0.1, 0.15) is 6.61 Å². The van der Waals surface area contributed by atoms with Crippen molar-refractivity contribution >= 4 is 34.1 Å². The summed E-state index contributed by atoms with van der Waals surface area (Å²) in [5.41, 5.74) is 7.01. The number of H-pyrrole nitrogens is 1. The molecule has 2 N–H and O–H groups in total. The van der Waals surface area contributed by atoms with E-state index >= 15 is 0 Å². The van der Waals surface area contributed by atoms with E-state index in [-0.39, 0.29) is 12.6 Å². The second kappa shape index (κ2) is 10.2. The maximum Gasteiger partial charge on any atom is 0.214 e. The van der Waals surface area contributed by atoms with E-state index in [9.17, 15) is 5.11 Å². The van der Waals surface area contributed by atoms with Gasteiger partial charge in [-0.1, -0.05) is 59.6 Å². The molecule has 6 nitrogen and oxygen atoms in total. The number of hydrogen-bond acceptors (Lipinski definition) is 4. The van der Waals surface area contributed by atoms with Crippen LogP contribution in [0, 0.1) is 0 Å². The first-order valence-electron chi connectivity index (χ1n) is 12.4. The molecule has 0 saturated carbocycles. The highest BCUT2D eigenvalue weighted by molar-refractivity contribution is 6.42. The molecule has 1 atom stereocenters. The number of aromatic nitrogens is 4. The van der Waals surface area contributed by atoms with Crippen LogP contribution in [0.5, 0.6) is 5.88 Å². The third kappa shape index (κ3) is 4.50. The lowest BCUT2D eigenvalue weighted by atomic mass is 9.87. The molecule has 0 fully saturated rings. The number of aromatic amines is 1. The van der Waals surface area contributed by atoms with Crippen molar-refractivity contribution in [1.29, 1.82) is 0 Å². The van der Waals surface area contributed by atoms with Crippen LogP contribution in [0.25, 0.3) is 22.2 Å². The summed E-state index contributed by atoms with van der Waals surface area (Å²) in [6, 6.07) is 15.9. The summed E-state index contributed by atoms with van der Waals surface area (Å²) in [7, 11) is 0. The fraction of sp³-hybridized carbons (Fsp3) is 0.241. The van der Waals surface area contributed by atoms with Crippen molar-refractivity contribution in [3.05, 3.63) is 99.7 Å². The number of imidazole rings is 1. The zero-order valence-electron chi connectivity index (χ0n) is 20.1. The summed E-state index contributed by atoms with van der Waals surface area (Å²) in [6.45, 7) is 0.443. The maximum atomic E-state index is 9.81. The number of pyridine rings is 1. The van der Waals surface area contributed by atoms with Gasteiger partial charge in [-0.05, 0) is 42.0 Å². The molecule has 0 bridgehead atoms. The van der Waals surface area contributed by atoms with E-state index in [0.29, 0.717) is 29.0 Å². The predicted octanol–water partition coefficient (Wildman–Crippen LogP) is 6.77.